The molecule has 0 aliphatic heterocycles. The molecule has 0 aliphatic rings. The van der Waals surface area contributed by atoms with Crippen molar-refractivity contribution in [3.05, 3.63) is 28.5 Å². The van der Waals surface area contributed by atoms with Crippen molar-refractivity contribution in [3.63, 3.8) is 0 Å². The summed E-state index contributed by atoms with van der Waals surface area (Å²) in [7, 11) is 0. The summed E-state index contributed by atoms with van der Waals surface area (Å²) in [6.45, 7) is 8.45. The molecule has 2 aromatic rings. The van der Waals surface area contributed by atoms with Crippen molar-refractivity contribution in [1.29, 1.82) is 0 Å². The van der Waals surface area contributed by atoms with Crippen LogP contribution in [0.5, 0.6) is 0 Å². The summed E-state index contributed by atoms with van der Waals surface area (Å²) in [6, 6.07) is 0.0398. The average molecular weight is 325 g/mol. The van der Waals surface area contributed by atoms with Gasteiger partial charge >= 0.3 is 5.97 Å². The van der Waals surface area contributed by atoms with Gasteiger partial charge in [0.05, 0.1) is 11.8 Å². The predicted molar refractivity (Wildman–Crippen MR) is 85.2 cm³/mol. The van der Waals surface area contributed by atoms with Gasteiger partial charge in [-0.05, 0) is 6.92 Å². The Balaban J connectivity index is 2.43. The minimum absolute atomic E-state index is 0.00514. The maximum absolute atomic E-state index is 10.8. The smallest absolute Gasteiger partial charge is 0.313 e. The molecule has 2 aromatic heterocycles. The highest BCUT2D eigenvalue weighted by molar-refractivity contribution is 7.99. The van der Waals surface area contributed by atoms with E-state index in [0.29, 0.717) is 0 Å². The first-order chi connectivity index (χ1) is 9.80. The van der Waals surface area contributed by atoms with Crippen molar-refractivity contribution in [2.45, 2.75) is 44.3 Å². The third-order valence-electron chi connectivity index (χ3n) is 3.05. The van der Waals surface area contributed by atoms with E-state index in [-0.39, 0.29) is 17.2 Å². The molecule has 0 saturated carbocycles. The fraction of sp³-hybridized carbons (Fsp3) is 0.500. The molecule has 0 saturated heterocycles. The van der Waals surface area contributed by atoms with Crippen molar-refractivity contribution in [2.75, 3.05) is 5.75 Å². The first-order valence-corrected chi connectivity index (χ1v) is 8.49. The molecule has 0 aliphatic carbocycles. The first kappa shape index (κ1) is 16.0. The molecule has 1 unspecified atom stereocenters. The van der Waals surface area contributed by atoms with E-state index in [1.54, 1.807) is 17.5 Å². The average Bonchev–Trinajstić information content (AvgIpc) is 3.03. The molecule has 2 heterocycles. The fourth-order valence-electron chi connectivity index (χ4n) is 2.06. The fourth-order valence-corrected chi connectivity index (χ4v) is 3.52. The molecule has 21 heavy (non-hydrogen) atoms. The third-order valence-corrected chi connectivity index (χ3v) is 4.95. The zero-order chi connectivity index (χ0) is 15.6. The molecular weight excluding hydrogens is 306 g/mol. The minimum atomic E-state index is -0.839. The zero-order valence-electron chi connectivity index (χ0n) is 12.5. The maximum Gasteiger partial charge on any atom is 0.313 e. The van der Waals surface area contributed by atoms with Crippen LogP contribution in [0, 0.1) is 0 Å². The number of carbonyl (C=O) groups is 1. The Kier molecular flexibility index (Phi) is 4.73. The molecule has 114 valence electrons. The quantitative estimate of drug-likeness (QED) is 0.853. The van der Waals surface area contributed by atoms with Crippen molar-refractivity contribution < 1.29 is 9.90 Å². The summed E-state index contributed by atoms with van der Waals surface area (Å²) in [5.74, 6) is -0.834. The summed E-state index contributed by atoms with van der Waals surface area (Å²) in [4.78, 5) is 19.6. The number of hydrogen-bond donors (Lipinski definition) is 1. The van der Waals surface area contributed by atoms with Gasteiger partial charge in [-0.2, -0.15) is 0 Å². The Morgan fingerprint density at radius 2 is 2.19 bits per heavy atom. The highest BCUT2D eigenvalue weighted by Crippen LogP contribution is 2.33. The molecule has 0 spiro atoms. The lowest BCUT2D eigenvalue weighted by Gasteiger charge is -2.25. The van der Waals surface area contributed by atoms with Gasteiger partial charge in [-0.25, -0.2) is 9.97 Å². The van der Waals surface area contributed by atoms with Gasteiger partial charge in [0.1, 0.15) is 5.01 Å². The lowest BCUT2D eigenvalue weighted by molar-refractivity contribution is -0.133. The van der Waals surface area contributed by atoms with Crippen LogP contribution in [0.1, 0.15) is 44.4 Å². The molecule has 5 nitrogen and oxygen atoms in total. The van der Waals surface area contributed by atoms with E-state index < -0.39 is 5.97 Å². The Morgan fingerprint density at radius 3 is 2.71 bits per heavy atom. The lowest BCUT2D eigenvalue weighted by Crippen LogP contribution is -2.21. The van der Waals surface area contributed by atoms with E-state index in [2.05, 4.69) is 42.2 Å². The SMILES string of the molecule is CC(c1nccs1)n1c(C(C)(C)C)cnc1SCC(=O)O. The number of aliphatic carboxylic acids is 1. The van der Waals surface area contributed by atoms with E-state index in [1.807, 2.05) is 11.6 Å². The molecule has 0 fully saturated rings. The number of rotatable bonds is 5. The van der Waals surface area contributed by atoms with Crippen LogP contribution in [-0.4, -0.2) is 31.4 Å². The minimum Gasteiger partial charge on any atom is -0.481 e. The maximum atomic E-state index is 10.8. The number of thioether (sulfide) groups is 1. The van der Waals surface area contributed by atoms with Gasteiger partial charge in [0, 0.05) is 28.9 Å². The van der Waals surface area contributed by atoms with Crippen LogP contribution in [0.2, 0.25) is 0 Å². The second-order valence-corrected chi connectivity index (χ2v) is 7.64. The Bertz CT molecular complexity index is 615. The number of thiazole rings is 1. The Hall–Kier alpha value is -1.34. The summed E-state index contributed by atoms with van der Waals surface area (Å²) >= 11 is 2.84. The molecule has 1 N–H and O–H groups in total. The van der Waals surface area contributed by atoms with Gasteiger partial charge < -0.3 is 9.67 Å². The van der Waals surface area contributed by atoms with Crippen LogP contribution in [0.25, 0.3) is 0 Å². The van der Waals surface area contributed by atoms with Gasteiger partial charge in [0.15, 0.2) is 5.16 Å². The number of hydrogen-bond acceptors (Lipinski definition) is 5. The molecule has 7 heteroatoms. The number of aromatic nitrogens is 3. The first-order valence-electron chi connectivity index (χ1n) is 6.62. The highest BCUT2D eigenvalue weighted by Gasteiger charge is 2.26. The highest BCUT2D eigenvalue weighted by atomic mass is 32.2. The van der Waals surface area contributed by atoms with Crippen molar-refractivity contribution in [1.82, 2.24) is 14.5 Å². The summed E-state index contributed by atoms with van der Waals surface area (Å²) in [5, 5.41) is 12.6. The molecule has 0 radical (unpaired) electrons. The molecule has 1 atom stereocenters. The second-order valence-electron chi connectivity index (χ2n) is 5.77. The Labute approximate surface area is 132 Å². The van der Waals surface area contributed by atoms with Crippen LogP contribution in [0.15, 0.2) is 22.9 Å². The number of carboxylic acid groups (broad SMARTS) is 1. The number of carboxylic acids is 1. The summed E-state index contributed by atoms with van der Waals surface area (Å²) in [5.41, 5.74) is 1.01. The second kappa shape index (κ2) is 6.19. The number of nitrogens with zero attached hydrogens (tertiary/aromatic N) is 3. The monoisotopic (exact) mass is 325 g/mol. The summed E-state index contributed by atoms with van der Waals surface area (Å²) < 4.78 is 2.10. The normalized spacial score (nSPS) is 13.3. The topological polar surface area (TPSA) is 68.0 Å². The predicted octanol–water partition coefficient (Wildman–Crippen LogP) is 3.42. The largest absolute Gasteiger partial charge is 0.481 e. The third kappa shape index (κ3) is 3.65. The van der Waals surface area contributed by atoms with E-state index in [1.165, 1.54) is 11.8 Å². The standard InChI is InChI=1S/C14H19N3O2S2/c1-9(12-15-5-6-20-12)17-10(14(2,3)4)7-16-13(17)21-8-11(18)19/h5-7,9H,8H2,1-4H3,(H,18,19). The van der Waals surface area contributed by atoms with E-state index in [9.17, 15) is 4.79 Å². The summed E-state index contributed by atoms with van der Waals surface area (Å²) in [6.07, 6.45) is 3.63. The lowest BCUT2D eigenvalue weighted by atomic mass is 9.92. The van der Waals surface area contributed by atoms with Crippen LogP contribution in [0.4, 0.5) is 0 Å². The van der Waals surface area contributed by atoms with E-state index in [0.717, 1.165) is 15.9 Å². The van der Waals surface area contributed by atoms with Crippen molar-refractivity contribution >= 4 is 29.1 Å². The van der Waals surface area contributed by atoms with Crippen LogP contribution >= 0.6 is 23.1 Å². The molecule has 0 bridgehead atoms. The van der Waals surface area contributed by atoms with Gasteiger partial charge in [0.2, 0.25) is 0 Å². The van der Waals surface area contributed by atoms with Crippen LogP contribution in [-0.2, 0) is 10.2 Å². The van der Waals surface area contributed by atoms with Gasteiger partial charge in [-0.1, -0.05) is 32.5 Å². The molecule has 2 rings (SSSR count). The number of imidazole rings is 1. The molecular formula is C14H19N3O2S2. The van der Waals surface area contributed by atoms with E-state index >= 15 is 0 Å². The van der Waals surface area contributed by atoms with Crippen molar-refractivity contribution in [3.8, 4) is 0 Å². The van der Waals surface area contributed by atoms with Gasteiger partial charge in [-0.3, -0.25) is 4.79 Å². The Morgan fingerprint density at radius 1 is 1.48 bits per heavy atom. The van der Waals surface area contributed by atoms with Gasteiger partial charge in [-0.15, -0.1) is 11.3 Å². The van der Waals surface area contributed by atoms with Crippen LogP contribution < -0.4 is 0 Å². The zero-order valence-corrected chi connectivity index (χ0v) is 14.2. The molecule has 0 aromatic carbocycles. The van der Waals surface area contributed by atoms with Crippen molar-refractivity contribution in [2.24, 2.45) is 0 Å². The van der Waals surface area contributed by atoms with Gasteiger partial charge in [0.25, 0.3) is 0 Å². The molecule has 0 amide bonds. The van der Waals surface area contributed by atoms with Crippen LogP contribution in [0.3, 0.4) is 0 Å². The van der Waals surface area contributed by atoms with E-state index in [4.69, 9.17) is 5.11 Å².